The number of hydrogen-bond donors (Lipinski definition) is 0. The van der Waals surface area contributed by atoms with E-state index in [1.807, 2.05) is 0 Å². The topological polar surface area (TPSA) is 16.4 Å². The standard InChI is InChI=1S/C56H37NO/c1-2-11-38(12-3-1)40-23-29-48(30-24-40)57(49-31-25-41(26-32-49)44-16-10-17-45(35-44)46-22-21-39-13-4-5-15-43(39)36-46)54-20-9-8-18-50(54)47-28-33-52-53-34-27-42-14-6-7-19-51(42)56(53)58-55(52)37-47/h1-37H. The second-order valence-corrected chi connectivity index (χ2v) is 14.9. The molecule has 0 aliphatic heterocycles. The number of hydrogen-bond acceptors (Lipinski definition) is 2. The Balaban J connectivity index is 1.01. The van der Waals surface area contributed by atoms with Crippen LogP contribution in [0.25, 0.3) is 88.0 Å². The molecule has 10 aromatic carbocycles. The predicted octanol–water partition coefficient (Wildman–Crippen LogP) is 16.0. The van der Waals surface area contributed by atoms with E-state index in [0.717, 1.165) is 55.5 Å². The highest BCUT2D eigenvalue weighted by molar-refractivity contribution is 6.15. The lowest BCUT2D eigenvalue weighted by atomic mass is 9.97. The van der Waals surface area contributed by atoms with Crippen LogP contribution in [0.3, 0.4) is 0 Å². The number of furan rings is 1. The van der Waals surface area contributed by atoms with Gasteiger partial charge in [0.15, 0.2) is 0 Å². The van der Waals surface area contributed by atoms with E-state index in [-0.39, 0.29) is 0 Å². The van der Waals surface area contributed by atoms with Gasteiger partial charge in [0.25, 0.3) is 0 Å². The van der Waals surface area contributed by atoms with Crippen LogP contribution in [0.4, 0.5) is 17.1 Å². The maximum absolute atomic E-state index is 6.65. The molecule has 11 rings (SSSR count). The molecular weight excluding hydrogens is 703 g/mol. The maximum Gasteiger partial charge on any atom is 0.143 e. The predicted molar refractivity (Wildman–Crippen MR) is 245 cm³/mol. The Morgan fingerprint density at radius 1 is 0.293 bits per heavy atom. The molecule has 0 aliphatic carbocycles. The van der Waals surface area contributed by atoms with Gasteiger partial charge in [-0.3, -0.25) is 0 Å². The average molecular weight is 740 g/mol. The summed E-state index contributed by atoms with van der Waals surface area (Å²) in [5.74, 6) is 0. The van der Waals surface area contributed by atoms with E-state index in [1.54, 1.807) is 0 Å². The van der Waals surface area contributed by atoms with Crippen molar-refractivity contribution in [2.24, 2.45) is 0 Å². The fourth-order valence-corrected chi connectivity index (χ4v) is 8.50. The Labute approximate surface area is 337 Å². The van der Waals surface area contributed by atoms with Crippen LogP contribution in [0.5, 0.6) is 0 Å². The smallest absolute Gasteiger partial charge is 0.143 e. The summed E-state index contributed by atoms with van der Waals surface area (Å²) in [7, 11) is 0. The zero-order valence-corrected chi connectivity index (χ0v) is 31.7. The largest absolute Gasteiger partial charge is 0.455 e. The Hall–Kier alpha value is -7.68. The van der Waals surface area contributed by atoms with Crippen molar-refractivity contribution >= 4 is 60.5 Å². The molecule has 272 valence electrons. The van der Waals surface area contributed by atoms with Crippen molar-refractivity contribution in [1.82, 2.24) is 0 Å². The highest BCUT2D eigenvalue weighted by Crippen LogP contribution is 2.44. The molecule has 0 atom stereocenters. The zero-order chi connectivity index (χ0) is 38.4. The molecule has 0 fully saturated rings. The number of rotatable bonds is 7. The van der Waals surface area contributed by atoms with Gasteiger partial charge < -0.3 is 9.32 Å². The summed E-state index contributed by atoms with van der Waals surface area (Å²) < 4.78 is 6.65. The minimum Gasteiger partial charge on any atom is -0.455 e. The van der Waals surface area contributed by atoms with Crippen molar-refractivity contribution < 1.29 is 4.42 Å². The van der Waals surface area contributed by atoms with Crippen LogP contribution in [0.15, 0.2) is 229 Å². The quantitative estimate of drug-likeness (QED) is 0.162. The van der Waals surface area contributed by atoms with E-state index >= 15 is 0 Å². The van der Waals surface area contributed by atoms with Crippen molar-refractivity contribution in [1.29, 1.82) is 0 Å². The fraction of sp³-hybridized carbons (Fsp3) is 0. The van der Waals surface area contributed by atoms with Crippen molar-refractivity contribution in [2.45, 2.75) is 0 Å². The highest BCUT2D eigenvalue weighted by Gasteiger charge is 2.19. The molecule has 0 unspecified atom stereocenters. The van der Waals surface area contributed by atoms with Crippen LogP contribution in [-0.2, 0) is 0 Å². The van der Waals surface area contributed by atoms with E-state index in [9.17, 15) is 0 Å². The number of anilines is 3. The van der Waals surface area contributed by atoms with Gasteiger partial charge in [0.05, 0.1) is 5.69 Å². The average Bonchev–Trinajstić information content (AvgIpc) is 3.69. The minimum absolute atomic E-state index is 0.882. The third-order valence-electron chi connectivity index (χ3n) is 11.5. The second-order valence-electron chi connectivity index (χ2n) is 14.9. The van der Waals surface area contributed by atoms with Gasteiger partial charge in [0.2, 0.25) is 0 Å². The normalized spacial score (nSPS) is 11.4. The van der Waals surface area contributed by atoms with Gasteiger partial charge in [-0.1, -0.05) is 164 Å². The van der Waals surface area contributed by atoms with Crippen LogP contribution >= 0.6 is 0 Å². The molecule has 58 heavy (non-hydrogen) atoms. The number of benzene rings is 10. The van der Waals surface area contributed by atoms with Gasteiger partial charge in [-0.05, 0) is 116 Å². The lowest BCUT2D eigenvalue weighted by Crippen LogP contribution is -2.11. The summed E-state index contributed by atoms with van der Waals surface area (Å²) in [4.78, 5) is 2.37. The third-order valence-corrected chi connectivity index (χ3v) is 11.5. The highest BCUT2D eigenvalue weighted by atomic mass is 16.3. The molecule has 2 nitrogen and oxygen atoms in total. The van der Waals surface area contributed by atoms with E-state index in [2.05, 4.69) is 229 Å². The first-order valence-electron chi connectivity index (χ1n) is 19.8. The lowest BCUT2D eigenvalue weighted by molar-refractivity contribution is 0.673. The molecule has 0 saturated heterocycles. The molecule has 0 bridgehead atoms. The molecule has 0 spiro atoms. The van der Waals surface area contributed by atoms with Gasteiger partial charge in [0.1, 0.15) is 11.2 Å². The van der Waals surface area contributed by atoms with Gasteiger partial charge in [-0.25, -0.2) is 0 Å². The van der Waals surface area contributed by atoms with E-state index in [4.69, 9.17) is 4.42 Å². The molecular formula is C56H37NO. The molecule has 0 saturated carbocycles. The third kappa shape index (κ3) is 6.00. The molecule has 1 aromatic heterocycles. The minimum atomic E-state index is 0.882. The molecule has 0 N–H and O–H groups in total. The van der Waals surface area contributed by atoms with Gasteiger partial charge >= 0.3 is 0 Å². The summed E-state index contributed by atoms with van der Waals surface area (Å²) >= 11 is 0. The molecule has 2 heteroatoms. The monoisotopic (exact) mass is 739 g/mol. The second kappa shape index (κ2) is 14.1. The first kappa shape index (κ1) is 33.6. The molecule has 11 aromatic rings. The fourth-order valence-electron chi connectivity index (χ4n) is 8.50. The summed E-state index contributed by atoms with van der Waals surface area (Å²) in [5.41, 5.74) is 14.4. The van der Waals surface area contributed by atoms with Crippen molar-refractivity contribution in [3.8, 4) is 44.5 Å². The summed E-state index contributed by atoms with van der Waals surface area (Å²) in [6.45, 7) is 0. The van der Waals surface area contributed by atoms with Crippen LogP contribution in [0.1, 0.15) is 0 Å². The molecule has 1 heterocycles. The number of nitrogens with zero attached hydrogens (tertiary/aromatic N) is 1. The Bertz CT molecular complexity index is 3270. The van der Waals surface area contributed by atoms with Gasteiger partial charge in [-0.15, -0.1) is 0 Å². The van der Waals surface area contributed by atoms with Crippen molar-refractivity contribution in [3.63, 3.8) is 0 Å². The molecule has 0 radical (unpaired) electrons. The van der Waals surface area contributed by atoms with Crippen LogP contribution in [0.2, 0.25) is 0 Å². The van der Waals surface area contributed by atoms with Gasteiger partial charge in [-0.2, -0.15) is 0 Å². The maximum atomic E-state index is 6.65. The molecule has 0 amide bonds. The lowest BCUT2D eigenvalue weighted by Gasteiger charge is -2.28. The Morgan fingerprint density at radius 3 is 1.62 bits per heavy atom. The number of para-hydroxylation sites is 1. The van der Waals surface area contributed by atoms with E-state index in [1.165, 1.54) is 49.5 Å². The Morgan fingerprint density at radius 2 is 0.828 bits per heavy atom. The summed E-state index contributed by atoms with van der Waals surface area (Å²) in [5, 5.41) is 7.07. The van der Waals surface area contributed by atoms with E-state index < -0.39 is 0 Å². The zero-order valence-electron chi connectivity index (χ0n) is 31.7. The first-order chi connectivity index (χ1) is 28.7. The van der Waals surface area contributed by atoms with Crippen LogP contribution in [0, 0.1) is 0 Å². The van der Waals surface area contributed by atoms with Crippen LogP contribution < -0.4 is 4.90 Å². The Kier molecular flexibility index (Phi) is 8.19. The van der Waals surface area contributed by atoms with Crippen molar-refractivity contribution in [2.75, 3.05) is 4.90 Å². The SMILES string of the molecule is c1ccc(-c2ccc(N(c3ccc(-c4cccc(-c5ccc6ccccc6c5)c4)cc3)c3ccccc3-c3ccc4c(c3)oc3c5ccccc5ccc43)cc2)cc1. The van der Waals surface area contributed by atoms with Crippen molar-refractivity contribution in [3.05, 3.63) is 224 Å². The van der Waals surface area contributed by atoms with Crippen LogP contribution in [-0.4, -0.2) is 0 Å². The molecule has 0 aliphatic rings. The van der Waals surface area contributed by atoms with E-state index in [0.29, 0.717) is 0 Å². The van der Waals surface area contributed by atoms with Gasteiger partial charge in [0, 0.05) is 33.1 Å². The summed E-state index contributed by atoms with van der Waals surface area (Å²) in [6, 6.07) is 80.7. The summed E-state index contributed by atoms with van der Waals surface area (Å²) in [6.07, 6.45) is 0. The first-order valence-corrected chi connectivity index (χ1v) is 19.8. The number of fused-ring (bicyclic) bond motifs is 6.